The number of nitrogens with zero attached hydrogens (tertiary/aromatic N) is 3. The van der Waals surface area contributed by atoms with E-state index in [1.54, 1.807) is 11.2 Å². The van der Waals surface area contributed by atoms with Crippen LogP contribution in [0, 0.1) is 0 Å². The Bertz CT molecular complexity index is 458. The minimum atomic E-state index is -0.516. The molecule has 0 unspecified atom stereocenters. The van der Waals surface area contributed by atoms with Crippen LogP contribution in [0.4, 0.5) is 0 Å². The summed E-state index contributed by atoms with van der Waals surface area (Å²) in [6, 6.07) is 0. The summed E-state index contributed by atoms with van der Waals surface area (Å²) >= 11 is 0. The van der Waals surface area contributed by atoms with Crippen molar-refractivity contribution in [2.24, 2.45) is 0 Å². The van der Waals surface area contributed by atoms with Crippen LogP contribution in [0.25, 0.3) is 0 Å². The quantitative estimate of drug-likeness (QED) is 0.888. The highest BCUT2D eigenvalue weighted by molar-refractivity contribution is 5.73. The highest BCUT2D eigenvalue weighted by Gasteiger charge is 2.23. The van der Waals surface area contributed by atoms with Crippen molar-refractivity contribution >= 4 is 5.91 Å². The van der Waals surface area contributed by atoms with Gasteiger partial charge in [0.25, 0.3) is 0 Å². The zero-order valence-electron chi connectivity index (χ0n) is 12.4. The fourth-order valence-corrected chi connectivity index (χ4v) is 2.37. The lowest BCUT2D eigenvalue weighted by Crippen LogP contribution is -2.36. The maximum absolute atomic E-state index is 11.4. The van der Waals surface area contributed by atoms with Crippen LogP contribution < -0.4 is 0 Å². The molecule has 1 N–H and O–H groups in total. The molecule has 1 fully saturated rings. The van der Waals surface area contributed by atoms with E-state index in [9.17, 15) is 9.90 Å². The van der Waals surface area contributed by atoms with E-state index in [4.69, 9.17) is 4.42 Å². The summed E-state index contributed by atoms with van der Waals surface area (Å²) in [5.74, 6) is 1.02. The molecule has 1 aromatic heterocycles. The van der Waals surface area contributed by atoms with Gasteiger partial charge in [-0.2, -0.15) is 0 Å². The molecule has 0 spiro atoms. The number of hydrogen-bond acceptors (Lipinski definition) is 5. The summed E-state index contributed by atoms with van der Waals surface area (Å²) in [7, 11) is 0. The van der Waals surface area contributed by atoms with Gasteiger partial charge in [0.15, 0.2) is 5.89 Å². The standard InChI is InChI=1S/C14H23N3O3/c1-10(2)14-15-12(9-20-14)6-16-4-5-17(11(3)18)8-13(19)7-16/h9-10,13,19H,4-8H2,1-3H3/t13-/m0/s1. The van der Waals surface area contributed by atoms with E-state index in [0.29, 0.717) is 26.2 Å². The minimum Gasteiger partial charge on any atom is -0.448 e. The van der Waals surface area contributed by atoms with E-state index in [0.717, 1.165) is 18.1 Å². The molecule has 1 aromatic rings. The van der Waals surface area contributed by atoms with Gasteiger partial charge in [0, 0.05) is 45.6 Å². The average molecular weight is 281 g/mol. The number of carbonyl (C=O) groups excluding carboxylic acids is 1. The van der Waals surface area contributed by atoms with Crippen LogP contribution in [0.1, 0.15) is 38.3 Å². The van der Waals surface area contributed by atoms with Crippen LogP contribution in [0.5, 0.6) is 0 Å². The van der Waals surface area contributed by atoms with Crippen molar-refractivity contribution in [2.75, 3.05) is 26.2 Å². The van der Waals surface area contributed by atoms with Crippen LogP contribution in [-0.4, -0.2) is 58.1 Å². The van der Waals surface area contributed by atoms with Gasteiger partial charge in [0.2, 0.25) is 5.91 Å². The normalized spacial score (nSPS) is 21.2. The molecule has 1 saturated heterocycles. The first-order valence-electron chi connectivity index (χ1n) is 7.06. The van der Waals surface area contributed by atoms with Gasteiger partial charge in [-0.1, -0.05) is 13.8 Å². The third-order valence-corrected chi connectivity index (χ3v) is 3.48. The Labute approximate surface area is 119 Å². The SMILES string of the molecule is CC(=O)N1CCN(Cc2coc(C(C)C)n2)C[C@H](O)C1. The molecule has 20 heavy (non-hydrogen) atoms. The van der Waals surface area contributed by atoms with E-state index in [1.807, 2.05) is 13.8 Å². The number of hydrogen-bond donors (Lipinski definition) is 1. The summed E-state index contributed by atoms with van der Waals surface area (Å²) in [6.45, 7) is 8.58. The molecule has 1 atom stereocenters. The largest absolute Gasteiger partial charge is 0.448 e. The first kappa shape index (κ1) is 15.0. The van der Waals surface area contributed by atoms with Crippen LogP contribution in [0.2, 0.25) is 0 Å². The van der Waals surface area contributed by atoms with Gasteiger partial charge in [-0.25, -0.2) is 4.98 Å². The maximum atomic E-state index is 11.4. The number of carbonyl (C=O) groups is 1. The van der Waals surface area contributed by atoms with Crippen molar-refractivity contribution in [1.29, 1.82) is 0 Å². The van der Waals surface area contributed by atoms with Crippen LogP contribution in [0.3, 0.4) is 0 Å². The Morgan fingerprint density at radius 1 is 1.50 bits per heavy atom. The van der Waals surface area contributed by atoms with E-state index in [1.165, 1.54) is 6.92 Å². The van der Waals surface area contributed by atoms with Crippen molar-refractivity contribution in [2.45, 2.75) is 39.3 Å². The highest BCUT2D eigenvalue weighted by atomic mass is 16.3. The first-order chi connectivity index (χ1) is 9.45. The van der Waals surface area contributed by atoms with Gasteiger partial charge >= 0.3 is 0 Å². The van der Waals surface area contributed by atoms with Gasteiger partial charge in [0.1, 0.15) is 6.26 Å². The second-order valence-corrected chi connectivity index (χ2v) is 5.69. The summed E-state index contributed by atoms with van der Waals surface area (Å²) < 4.78 is 5.42. The monoisotopic (exact) mass is 281 g/mol. The van der Waals surface area contributed by atoms with Crippen LogP contribution >= 0.6 is 0 Å². The van der Waals surface area contributed by atoms with Gasteiger partial charge < -0.3 is 14.4 Å². The molecule has 0 aliphatic carbocycles. The molecule has 1 aliphatic heterocycles. The lowest BCUT2D eigenvalue weighted by atomic mass is 10.2. The van der Waals surface area contributed by atoms with E-state index < -0.39 is 6.10 Å². The molecule has 0 aromatic carbocycles. The molecular formula is C14H23N3O3. The summed E-state index contributed by atoms with van der Waals surface area (Å²) in [4.78, 5) is 19.6. The number of aliphatic hydroxyl groups excluding tert-OH is 1. The molecule has 2 heterocycles. The summed E-state index contributed by atoms with van der Waals surface area (Å²) in [5, 5.41) is 9.97. The fourth-order valence-electron chi connectivity index (χ4n) is 2.37. The molecule has 112 valence electrons. The lowest BCUT2D eigenvalue weighted by molar-refractivity contribution is -0.129. The van der Waals surface area contributed by atoms with Crippen LogP contribution in [0.15, 0.2) is 10.7 Å². The smallest absolute Gasteiger partial charge is 0.219 e. The van der Waals surface area contributed by atoms with Crippen LogP contribution in [-0.2, 0) is 11.3 Å². The third kappa shape index (κ3) is 3.80. The zero-order valence-corrected chi connectivity index (χ0v) is 12.4. The predicted octanol–water partition coefficient (Wildman–Crippen LogP) is 0.823. The summed E-state index contributed by atoms with van der Waals surface area (Å²) in [6.07, 6.45) is 1.16. The Balaban J connectivity index is 1.96. The predicted molar refractivity (Wildman–Crippen MR) is 74.1 cm³/mol. The molecule has 0 radical (unpaired) electrons. The topological polar surface area (TPSA) is 69.8 Å². The third-order valence-electron chi connectivity index (χ3n) is 3.48. The molecule has 2 rings (SSSR count). The Kier molecular flexibility index (Phi) is 4.77. The molecule has 1 amide bonds. The molecule has 1 aliphatic rings. The Hall–Kier alpha value is -1.40. The molecular weight excluding hydrogens is 258 g/mol. The maximum Gasteiger partial charge on any atom is 0.219 e. The Morgan fingerprint density at radius 3 is 2.85 bits per heavy atom. The van der Waals surface area contributed by atoms with Gasteiger partial charge in [-0.3, -0.25) is 9.69 Å². The fraction of sp³-hybridized carbons (Fsp3) is 0.714. The number of aromatic nitrogens is 1. The number of oxazole rings is 1. The van der Waals surface area contributed by atoms with Crippen molar-refractivity contribution in [3.05, 3.63) is 17.8 Å². The second-order valence-electron chi connectivity index (χ2n) is 5.69. The van der Waals surface area contributed by atoms with Crippen molar-refractivity contribution in [1.82, 2.24) is 14.8 Å². The number of amides is 1. The highest BCUT2D eigenvalue weighted by Crippen LogP contribution is 2.15. The molecule has 6 heteroatoms. The zero-order chi connectivity index (χ0) is 14.7. The van der Waals surface area contributed by atoms with Gasteiger partial charge in [-0.15, -0.1) is 0 Å². The summed E-state index contributed by atoms with van der Waals surface area (Å²) in [5.41, 5.74) is 0.872. The van der Waals surface area contributed by atoms with Gasteiger partial charge in [0.05, 0.1) is 11.8 Å². The molecule has 0 bridgehead atoms. The van der Waals surface area contributed by atoms with E-state index >= 15 is 0 Å². The molecule has 6 nitrogen and oxygen atoms in total. The number of β-amino-alcohol motifs (C(OH)–C–C–N with tert-alkyl or cyclic N) is 1. The Morgan fingerprint density at radius 2 is 2.25 bits per heavy atom. The molecule has 0 saturated carbocycles. The minimum absolute atomic E-state index is 0.00873. The van der Waals surface area contributed by atoms with E-state index in [2.05, 4.69) is 9.88 Å². The average Bonchev–Trinajstić information content (AvgIpc) is 2.74. The number of aliphatic hydroxyl groups is 1. The van der Waals surface area contributed by atoms with Crippen molar-refractivity contribution in [3.8, 4) is 0 Å². The van der Waals surface area contributed by atoms with E-state index in [-0.39, 0.29) is 11.8 Å². The number of rotatable bonds is 3. The lowest BCUT2D eigenvalue weighted by Gasteiger charge is -2.19. The second kappa shape index (κ2) is 6.37. The van der Waals surface area contributed by atoms with Crippen molar-refractivity contribution < 1.29 is 14.3 Å². The first-order valence-corrected chi connectivity index (χ1v) is 7.06. The van der Waals surface area contributed by atoms with Crippen molar-refractivity contribution in [3.63, 3.8) is 0 Å². The van der Waals surface area contributed by atoms with Gasteiger partial charge in [-0.05, 0) is 0 Å².